The zero-order valence-electron chi connectivity index (χ0n) is 4.09. The van der Waals surface area contributed by atoms with Gasteiger partial charge in [0.1, 0.15) is 0 Å². The van der Waals surface area contributed by atoms with Crippen LogP contribution in [0.4, 0.5) is 0 Å². The second-order valence-corrected chi connectivity index (χ2v) is 0.105. The zero-order valence-corrected chi connectivity index (χ0v) is 4.09. The summed E-state index contributed by atoms with van der Waals surface area (Å²) in [6.45, 7) is -0.250. The molecule has 0 saturated carbocycles. The average Bonchev–Trinajstić information content (AvgIpc) is 1.46. The molecule has 0 aromatic rings. The van der Waals surface area contributed by atoms with Crippen molar-refractivity contribution in [3.63, 3.8) is 0 Å². The number of terminal acetylenes is 1. The lowest BCUT2D eigenvalue weighted by molar-refractivity contribution is -0.122. The Bertz CT molecular complexity index is 36.0. The highest BCUT2D eigenvalue weighted by atomic mass is 16.3. The summed E-state index contributed by atoms with van der Waals surface area (Å²) in [5, 5.41) is 6.89. The second-order valence-electron chi connectivity index (χ2n) is 0.105. The molecule has 0 aliphatic carbocycles. The van der Waals surface area contributed by atoms with Gasteiger partial charge in [0.05, 0.1) is 0 Å². The van der Waals surface area contributed by atoms with Gasteiger partial charge in [-0.15, -0.1) is 12.8 Å². The molecule has 0 unspecified atom stereocenters. The first kappa shape index (κ1) is 294. The molecular formula is C7H26O5. The maximum absolute atomic E-state index is 8.36. The van der Waals surface area contributed by atoms with E-state index < -0.39 is 0 Å². The van der Waals surface area contributed by atoms with Gasteiger partial charge in [-0.05, 0) is 0 Å². The molecule has 5 nitrogen and oxygen atoms in total. The van der Waals surface area contributed by atoms with Gasteiger partial charge in [-0.1, -0.05) is 29.7 Å². The fourth-order valence-electron chi connectivity index (χ4n) is 0. The smallest absolute Gasteiger partial charge is 0.290 e. The normalized spacial score (nSPS) is 1.17. The third kappa shape index (κ3) is 469. The van der Waals surface area contributed by atoms with Crippen LogP contribution in [0.2, 0.25) is 0 Å². The predicted octanol–water partition coefficient (Wildman–Crippen LogP) is 0.0205. The summed E-state index contributed by atoms with van der Waals surface area (Å²) >= 11 is 0. The summed E-state index contributed by atoms with van der Waals surface area (Å²) in [7, 11) is 0. The number of carboxylic acid groups (broad SMARTS) is 1. The van der Waals surface area contributed by atoms with Gasteiger partial charge in [-0.2, -0.15) is 0 Å². The first-order valence-electron chi connectivity index (χ1n) is 0.827. The standard InChI is InChI=1S/C2H2.CH2O2.4CH4.3H2O/c1-2;2-1-3;;;;;;;/h1-2H;1H,(H,2,3);4*1H4;3*1H2. The summed E-state index contributed by atoms with van der Waals surface area (Å²) in [6, 6.07) is 0. The monoisotopic (exact) mass is 190 g/mol. The Labute approximate surface area is 76.4 Å². The van der Waals surface area contributed by atoms with Crippen molar-refractivity contribution < 1.29 is 26.3 Å². The molecule has 84 valence electrons. The van der Waals surface area contributed by atoms with Crippen LogP contribution in [-0.4, -0.2) is 28.0 Å². The largest absolute Gasteiger partial charge is 0.483 e. The summed E-state index contributed by atoms with van der Waals surface area (Å²) in [5.74, 6) is 0. The van der Waals surface area contributed by atoms with Crippen LogP contribution in [0.1, 0.15) is 29.7 Å². The lowest BCUT2D eigenvalue weighted by atomic mass is 11.4. The van der Waals surface area contributed by atoms with Crippen LogP contribution in [0.15, 0.2) is 0 Å². The molecule has 0 aliphatic heterocycles. The van der Waals surface area contributed by atoms with E-state index in [1.165, 1.54) is 0 Å². The van der Waals surface area contributed by atoms with E-state index in [0.717, 1.165) is 0 Å². The summed E-state index contributed by atoms with van der Waals surface area (Å²) in [6.07, 6.45) is 8.00. The Hall–Kier alpha value is -1.09. The predicted molar refractivity (Wildman–Crippen MR) is 56.3 cm³/mol. The van der Waals surface area contributed by atoms with Crippen LogP contribution in [0.25, 0.3) is 0 Å². The van der Waals surface area contributed by atoms with E-state index >= 15 is 0 Å². The highest BCUT2D eigenvalue weighted by Crippen LogP contribution is 0.966. The fraction of sp³-hybridized carbons (Fsp3) is 0.571. The van der Waals surface area contributed by atoms with E-state index in [1.807, 2.05) is 0 Å². The van der Waals surface area contributed by atoms with Gasteiger partial charge in [0.15, 0.2) is 0 Å². The van der Waals surface area contributed by atoms with Crippen molar-refractivity contribution in [1.82, 2.24) is 0 Å². The minimum absolute atomic E-state index is 0. The number of rotatable bonds is 0. The van der Waals surface area contributed by atoms with Crippen LogP contribution in [-0.2, 0) is 4.79 Å². The van der Waals surface area contributed by atoms with Crippen LogP contribution in [0.5, 0.6) is 0 Å². The van der Waals surface area contributed by atoms with Crippen molar-refractivity contribution in [2.75, 3.05) is 0 Å². The molecule has 0 bridgehead atoms. The molecule has 0 aromatic carbocycles. The van der Waals surface area contributed by atoms with Crippen molar-refractivity contribution in [3.8, 4) is 12.8 Å². The topological polar surface area (TPSA) is 132 Å². The Balaban J connectivity index is -0.00000000138. The molecule has 0 atom stereocenters. The van der Waals surface area contributed by atoms with Crippen molar-refractivity contribution in [2.45, 2.75) is 29.7 Å². The molecule has 0 aliphatic rings. The maximum atomic E-state index is 8.36. The van der Waals surface area contributed by atoms with Crippen LogP contribution < -0.4 is 0 Å². The minimum Gasteiger partial charge on any atom is -0.483 e. The average molecular weight is 190 g/mol. The molecule has 0 saturated heterocycles. The molecule has 5 heteroatoms. The van der Waals surface area contributed by atoms with E-state index in [1.54, 1.807) is 0 Å². The lowest BCUT2D eigenvalue weighted by Crippen LogP contribution is -1.49. The quantitative estimate of drug-likeness (QED) is 0.426. The highest BCUT2D eigenvalue weighted by Gasteiger charge is 1.22. The summed E-state index contributed by atoms with van der Waals surface area (Å²) in [5.41, 5.74) is 0. The summed E-state index contributed by atoms with van der Waals surface area (Å²) in [4.78, 5) is 8.36. The van der Waals surface area contributed by atoms with Crippen molar-refractivity contribution in [3.05, 3.63) is 0 Å². The van der Waals surface area contributed by atoms with Gasteiger partial charge in [0.25, 0.3) is 6.47 Å². The van der Waals surface area contributed by atoms with Gasteiger partial charge in [-0.25, -0.2) is 0 Å². The van der Waals surface area contributed by atoms with Gasteiger partial charge < -0.3 is 21.5 Å². The molecule has 0 heterocycles. The van der Waals surface area contributed by atoms with Crippen molar-refractivity contribution >= 4 is 6.47 Å². The lowest BCUT2D eigenvalue weighted by Gasteiger charge is -1.34. The zero-order chi connectivity index (χ0) is 4.71. The molecule has 0 amide bonds. The van der Waals surface area contributed by atoms with Crippen molar-refractivity contribution in [2.24, 2.45) is 0 Å². The van der Waals surface area contributed by atoms with Crippen LogP contribution >= 0.6 is 0 Å². The molecule has 0 spiro atoms. The first-order valence-corrected chi connectivity index (χ1v) is 0.827. The van der Waals surface area contributed by atoms with Gasteiger partial charge >= 0.3 is 0 Å². The molecule has 0 fully saturated rings. The summed E-state index contributed by atoms with van der Waals surface area (Å²) < 4.78 is 0. The van der Waals surface area contributed by atoms with E-state index in [4.69, 9.17) is 9.90 Å². The highest BCUT2D eigenvalue weighted by molar-refractivity contribution is 5.32. The van der Waals surface area contributed by atoms with Crippen LogP contribution in [0.3, 0.4) is 0 Å². The van der Waals surface area contributed by atoms with Gasteiger partial charge in [-0.3, -0.25) is 4.79 Å². The molecule has 0 aromatic heterocycles. The van der Waals surface area contributed by atoms with Gasteiger partial charge in [0.2, 0.25) is 0 Å². The first-order chi connectivity index (χ1) is 2.41. The third-order valence-electron chi connectivity index (χ3n) is 0. The minimum atomic E-state index is -0.250. The second kappa shape index (κ2) is 97100. The van der Waals surface area contributed by atoms with E-state index in [9.17, 15) is 0 Å². The fourth-order valence-corrected chi connectivity index (χ4v) is 0. The van der Waals surface area contributed by atoms with Crippen LogP contribution in [0, 0.1) is 12.8 Å². The Morgan fingerprint density at radius 1 is 0.833 bits per heavy atom. The van der Waals surface area contributed by atoms with E-state index in [-0.39, 0.29) is 52.6 Å². The molecular weight excluding hydrogens is 164 g/mol. The Kier molecular flexibility index (Phi) is 2380000. The van der Waals surface area contributed by atoms with Crippen molar-refractivity contribution in [1.29, 1.82) is 0 Å². The Morgan fingerprint density at radius 3 is 0.833 bits per heavy atom. The number of hydrogen-bond donors (Lipinski definition) is 1. The molecule has 7 N–H and O–H groups in total. The third-order valence-corrected chi connectivity index (χ3v) is 0. The SMILES string of the molecule is C.C.C.C.C#C.O.O.O.O=CO. The molecule has 0 rings (SSSR count). The number of carbonyl (C=O) groups is 1. The van der Waals surface area contributed by atoms with E-state index in [2.05, 4.69) is 12.8 Å². The molecule has 12 heavy (non-hydrogen) atoms. The Morgan fingerprint density at radius 2 is 0.833 bits per heavy atom. The number of hydrogen-bond acceptors (Lipinski definition) is 1. The molecule has 0 radical (unpaired) electrons. The maximum Gasteiger partial charge on any atom is 0.290 e. The van der Waals surface area contributed by atoms with Gasteiger partial charge in [0, 0.05) is 0 Å². The van der Waals surface area contributed by atoms with E-state index in [0.29, 0.717) is 0 Å².